The van der Waals surface area contributed by atoms with Crippen molar-refractivity contribution in [3.8, 4) is 5.75 Å². The molecular weight excluding hydrogens is 319 g/mol. The van der Waals surface area contributed by atoms with E-state index < -0.39 is 15.6 Å². The van der Waals surface area contributed by atoms with Crippen molar-refractivity contribution >= 4 is 10.1 Å². The number of halogens is 3. The van der Waals surface area contributed by atoms with E-state index in [-0.39, 0.29) is 11.7 Å². The fourth-order valence-corrected chi connectivity index (χ4v) is 3.03. The van der Waals surface area contributed by atoms with Crippen LogP contribution in [0, 0.1) is 0 Å². The van der Waals surface area contributed by atoms with Gasteiger partial charge in [-0.05, 0) is 56.1 Å². The number of piperidine rings is 1. The minimum Gasteiger partial charge on any atom is -0.376 e. The predicted octanol–water partition coefficient (Wildman–Crippen LogP) is 3.11. The third-order valence-electron chi connectivity index (χ3n) is 3.85. The van der Waals surface area contributed by atoms with Gasteiger partial charge in [-0.2, -0.15) is 21.6 Å². The van der Waals surface area contributed by atoms with Gasteiger partial charge in [0.1, 0.15) is 5.75 Å². The molecule has 1 saturated heterocycles. The van der Waals surface area contributed by atoms with Crippen molar-refractivity contribution in [2.45, 2.75) is 31.2 Å². The Morgan fingerprint density at radius 3 is 2.45 bits per heavy atom. The highest BCUT2D eigenvalue weighted by molar-refractivity contribution is 7.87. The number of hydrogen-bond donors (Lipinski definition) is 0. The van der Waals surface area contributed by atoms with Crippen molar-refractivity contribution in [1.29, 1.82) is 0 Å². The molecule has 4 nitrogen and oxygen atoms in total. The van der Waals surface area contributed by atoms with Crippen LogP contribution in [0.4, 0.5) is 13.2 Å². The summed E-state index contributed by atoms with van der Waals surface area (Å²) in [5, 5.41) is 0. The maximum absolute atomic E-state index is 12.3. The Kier molecular flexibility index (Phi) is 5.01. The molecule has 0 aliphatic carbocycles. The van der Waals surface area contributed by atoms with Crippen LogP contribution >= 0.6 is 0 Å². The maximum Gasteiger partial charge on any atom is 0.534 e. The largest absolute Gasteiger partial charge is 0.534 e. The quantitative estimate of drug-likeness (QED) is 0.626. The molecule has 1 aliphatic heterocycles. The first kappa shape index (κ1) is 17.1. The molecule has 124 valence electrons. The summed E-state index contributed by atoms with van der Waals surface area (Å²) in [7, 11) is -5.62. The highest BCUT2D eigenvalue weighted by atomic mass is 32.2. The fraction of sp³-hybridized carbons (Fsp3) is 0.571. The number of nitrogens with zero attached hydrogens (tertiary/aromatic N) is 1. The Morgan fingerprint density at radius 2 is 1.91 bits per heavy atom. The lowest BCUT2D eigenvalue weighted by Gasteiger charge is -2.31. The molecule has 0 atom stereocenters. The zero-order chi connectivity index (χ0) is 16.4. The van der Waals surface area contributed by atoms with Gasteiger partial charge in [0.05, 0.1) is 0 Å². The van der Waals surface area contributed by atoms with Crippen molar-refractivity contribution in [3.05, 3.63) is 29.8 Å². The fourth-order valence-electron chi connectivity index (χ4n) is 2.58. The molecule has 0 amide bonds. The molecule has 1 heterocycles. The number of likely N-dealkylation sites (tertiary alicyclic amines) is 1. The van der Waals surface area contributed by atoms with Crippen molar-refractivity contribution in [3.63, 3.8) is 0 Å². The van der Waals surface area contributed by atoms with Crippen LogP contribution in [0.3, 0.4) is 0 Å². The molecule has 0 bridgehead atoms. The molecule has 8 heteroatoms. The molecule has 0 unspecified atom stereocenters. The smallest absolute Gasteiger partial charge is 0.376 e. The van der Waals surface area contributed by atoms with E-state index in [1.165, 1.54) is 18.2 Å². The SMILES string of the molecule is CCN1CCC(c2cccc(OS(=O)(=O)C(F)(F)F)c2)CC1. The lowest BCUT2D eigenvalue weighted by atomic mass is 9.89. The van der Waals surface area contributed by atoms with E-state index in [4.69, 9.17) is 0 Å². The summed E-state index contributed by atoms with van der Waals surface area (Å²) >= 11 is 0. The molecule has 0 radical (unpaired) electrons. The Hall–Kier alpha value is -1.28. The highest BCUT2D eigenvalue weighted by Crippen LogP contribution is 2.32. The van der Waals surface area contributed by atoms with Crippen LogP contribution in [0.2, 0.25) is 0 Å². The summed E-state index contributed by atoms with van der Waals surface area (Å²) in [5.41, 5.74) is -4.61. The lowest BCUT2D eigenvalue weighted by molar-refractivity contribution is -0.0500. The number of alkyl halides is 3. The van der Waals surface area contributed by atoms with Gasteiger partial charge in [0.2, 0.25) is 0 Å². The summed E-state index contributed by atoms with van der Waals surface area (Å²) in [6.45, 7) is 4.90. The van der Waals surface area contributed by atoms with Gasteiger partial charge >= 0.3 is 15.6 Å². The normalized spacial score (nSPS) is 18.4. The minimum absolute atomic E-state index is 0.208. The summed E-state index contributed by atoms with van der Waals surface area (Å²) in [4.78, 5) is 2.30. The second-order valence-corrected chi connectivity index (χ2v) is 6.80. The molecular formula is C14H18F3NO3S. The van der Waals surface area contributed by atoms with Crippen molar-refractivity contribution in [2.75, 3.05) is 19.6 Å². The summed E-state index contributed by atoms with van der Waals surface area (Å²) in [5.74, 6) is -0.0901. The molecule has 1 aromatic rings. The van der Waals surface area contributed by atoms with Gasteiger partial charge in [0.15, 0.2) is 0 Å². The van der Waals surface area contributed by atoms with E-state index in [0.29, 0.717) is 0 Å². The molecule has 0 saturated carbocycles. The van der Waals surface area contributed by atoms with Crippen LogP contribution in [0.25, 0.3) is 0 Å². The summed E-state index contributed by atoms with van der Waals surface area (Å²) in [6.07, 6.45) is 1.78. The average Bonchev–Trinajstić information content (AvgIpc) is 2.46. The summed E-state index contributed by atoms with van der Waals surface area (Å²) < 4.78 is 63.3. The zero-order valence-corrected chi connectivity index (χ0v) is 13.0. The molecule has 1 fully saturated rings. The van der Waals surface area contributed by atoms with E-state index in [1.807, 2.05) is 0 Å². The molecule has 0 N–H and O–H groups in total. The second kappa shape index (κ2) is 6.45. The number of hydrogen-bond acceptors (Lipinski definition) is 4. The van der Waals surface area contributed by atoms with Crippen LogP contribution in [-0.4, -0.2) is 38.5 Å². The molecule has 1 aliphatic rings. The van der Waals surface area contributed by atoms with Crippen LogP contribution in [0.1, 0.15) is 31.2 Å². The van der Waals surface area contributed by atoms with Crippen LogP contribution in [-0.2, 0) is 10.1 Å². The van der Waals surface area contributed by atoms with Crippen molar-refractivity contribution < 1.29 is 25.8 Å². The van der Waals surface area contributed by atoms with E-state index in [2.05, 4.69) is 16.0 Å². The Morgan fingerprint density at radius 1 is 1.27 bits per heavy atom. The molecule has 0 spiro atoms. The van der Waals surface area contributed by atoms with Gasteiger partial charge in [0.25, 0.3) is 0 Å². The minimum atomic E-state index is -5.62. The molecule has 22 heavy (non-hydrogen) atoms. The third-order valence-corrected chi connectivity index (χ3v) is 4.83. The van der Waals surface area contributed by atoms with Crippen LogP contribution in [0.15, 0.2) is 24.3 Å². The predicted molar refractivity (Wildman–Crippen MR) is 76.1 cm³/mol. The first-order valence-electron chi connectivity index (χ1n) is 7.06. The van der Waals surface area contributed by atoms with Crippen LogP contribution in [0.5, 0.6) is 5.75 Å². The molecule has 2 rings (SSSR count). The van der Waals surface area contributed by atoms with Gasteiger partial charge in [-0.15, -0.1) is 0 Å². The average molecular weight is 337 g/mol. The second-order valence-electron chi connectivity index (χ2n) is 5.26. The molecule has 0 aromatic heterocycles. The monoisotopic (exact) mass is 337 g/mol. The van der Waals surface area contributed by atoms with Crippen molar-refractivity contribution in [1.82, 2.24) is 4.90 Å². The van der Waals surface area contributed by atoms with Gasteiger partial charge in [-0.3, -0.25) is 0 Å². The van der Waals surface area contributed by atoms with E-state index in [9.17, 15) is 21.6 Å². The van der Waals surface area contributed by atoms with Gasteiger partial charge in [0, 0.05) is 0 Å². The topological polar surface area (TPSA) is 46.6 Å². The zero-order valence-electron chi connectivity index (χ0n) is 12.1. The first-order chi connectivity index (χ1) is 10.2. The van der Waals surface area contributed by atoms with Crippen molar-refractivity contribution in [2.24, 2.45) is 0 Å². The Bertz CT molecular complexity index is 608. The Labute approximate surface area is 128 Å². The third kappa shape index (κ3) is 3.92. The van der Waals surface area contributed by atoms with E-state index >= 15 is 0 Å². The van der Waals surface area contributed by atoms with Crippen LogP contribution < -0.4 is 4.18 Å². The summed E-state index contributed by atoms with van der Waals surface area (Å²) in [6, 6.07) is 5.91. The number of benzene rings is 1. The Balaban J connectivity index is 2.11. The highest BCUT2D eigenvalue weighted by Gasteiger charge is 2.48. The first-order valence-corrected chi connectivity index (χ1v) is 8.47. The molecule has 1 aromatic carbocycles. The lowest BCUT2D eigenvalue weighted by Crippen LogP contribution is -2.32. The van der Waals surface area contributed by atoms with E-state index in [0.717, 1.165) is 38.0 Å². The maximum atomic E-state index is 12.3. The van der Waals surface area contributed by atoms with Gasteiger partial charge in [-0.25, -0.2) is 0 Å². The van der Waals surface area contributed by atoms with Gasteiger partial charge < -0.3 is 9.08 Å². The standard InChI is InChI=1S/C14H18F3NO3S/c1-2-18-8-6-11(7-9-18)12-4-3-5-13(10-12)21-22(19,20)14(15,16)17/h3-5,10-11H,2,6-9H2,1H3. The van der Waals surface area contributed by atoms with Gasteiger partial charge in [-0.1, -0.05) is 19.1 Å². The van der Waals surface area contributed by atoms with E-state index in [1.54, 1.807) is 6.07 Å². The number of rotatable bonds is 4.